The predicted octanol–water partition coefficient (Wildman–Crippen LogP) is 9.95. The molecule has 0 amide bonds. The van der Waals surface area contributed by atoms with Crippen LogP contribution >= 0.6 is 0 Å². The lowest BCUT2D eigenvalue weighted by molar-refractivity contribution is 0.477. The summed E-state index contributed by atoms with van der Waals surface area (Å²) in [4.78, 5) is 9.94. The molecule has 5 aromatic carbocycles. The van der Waals surface area contributed by atoms with Crippen molar-refractivity contribution in [3.63, 3.8) is 0 Å². The van der Waals surface area contributed by atoms with Crippen LogP contribution in [0.15, 0.2) is 158 Å². The minimum absolute atomic E-state index is 0.199. The zero-order chi connectivity index (χ0) is 29.5. The van der Waals surface area contributed by atoms with E-state index in [1.807, 2.05) is 60.8 Å². The standard InChI is InChI=1S/C40H27N3O/c44-39-18-10-8-16-34(39)36-24-31(28-13-5-2-6-14-28)26-40(42-36)43-37-17-9-7-15-32(37)33-20-19-30(25-38(33)43)35-23-29(21-22-41-35)27-11-3-1-4-12-27/h1-26,44H. The largest absolute Gasteiger partial charge is 0.507 e. The van der Waals surface area contributed by atoms with Crippen LogP contribution in [0, 0.1) is 0 Å². The second-order valence-corrected chi connectivity index (χ2v) is 10.9. The van der Waals surface area contributed by atoms with Crippen LogP contribution in [-0.2, 0) is 0 Å². The number of phenols is 1. The van der Waals surface area contributed by atoms with Gasteiger partial charge in [-0.2, -0.15) is 0 Å². The van der Waals surface area contributed by atoms with Crippen LogP contribution in [0.3, 0.4) is 0 Å². The summed E-state index contributed by atoms with van der Waals surface area (Å²) in [6.45, 7) is 0. The van der Waals surface area contributed by atoms with Gasteiger partial charge in [-0.05, 0) is 70.8 Å². The van der Waals surface area contributed by atoms with Gasteiger partial charge in [0, 0.05) is 28.1 Å². The van der Waals surface area contributed by atoms with E-state index in [-0.39, 0.29) is 5.75 Å². The van der Waals surface area contributed by atoms with Gasteiger partial charge in [0.1, 0.15) is 11.6 Å². The molecule has 4 heteroatoms. The molecule has 0 aliphatic rings. The van der Waals surface area contributed by atoms with Gasteiger partial charge in [-0.3, -0.25) is 9.55 Å². The summed E-state index contributed by atoms with van der Waals surface area (Å²) in [6.07, 6.45) is 1.88. The van der Waals surface area contributed by atoms with Gasteiger partial charge >= 0.3 is 0 Å². The first kappa shape index (κ1) is 25.7. The zero-order valence-corrected chi connectivity index (χ0v) is 23.8. The summed E-state index contributed by atoms with van der Waals surface area (Å²) < 4.78 is 2.23. The van der Waals surface area contributed by atoms with Gasteiger partial charge in [-0.25, -0.2) is 4.98 Å². The van der Waals surface area contributed by atoms with Gasteiger partial charge in [0.05, 0.1) is 22.4 Å². The third-order valence-electron chi connectivity index (χ3n) is 8.16. The number of phenolic OH excluding ortho intramolecular Hbond substituents is 1. The van der Waals surface area contributed by atoms with Crippen LogP contribution in [0.4, 0.5) is 0 Å². The molecular weight excluding hydrogens is 538 g/mol. The summed E-state index contributed by atoms with van der Waals surface area (Å²) in [6, 6.07) is 51.4. The molecule has 8 rings (SSSR count). The Morgan fingerprint density at radius 3 is 1.91 bits per heavy atom. The van der Waals surface area contributed by atoms with E-state index >= 15 is 0 Å². The van der Waals surface area contributed by atoms with Crippen molar-refractivity contribution in [2.45, 2.75) is 0 Å². The molecule has 4 nitrogen and oxygen atoms in total. The molecule has 0 spiro atoms. The maximum Gasteiger partial charge on any atom is 0.138 e. The first-order valence-corrected chi connectivity index (χ1v) is 14.6. The molecule has 0 unspecified atom stereocenters. The maximum atomic E-state index is 10.8. The van der Waals surface area contributed by atoms with Crippen molar-refractivity contribution in [3.05, 3.63) is 158 Å². The monoisotopic (exact) mass is 565 g/mol. The van der Waals surface area contributed by atoms with Gasteiger partial charge < -0.3 is 5.11 Å². The summed E-state index contributed by atoms with van der Waals surface area (Å²) in [7, 11) is 0. The lowest BCUT2D eigenvalue weighted by atomic mass is 10.0. The molecule has 3 heterocycles. The molecule has 208 valence electrons. The Morgan fingerprint density at radius 1 is 0.455 bits per heavy atom. The molecule has 44 heavy (non-hydrogen) atoms. The van der Waals surface area contributed by atoms with E-state index in [0.717, 1.165) is 61.1 Å². The van der Waals surface area contributed by atoms with Crippen molar-refractivity contribution in [2.75, 3.05) is 0 Å². The summed E-state index contributed by atoms with van der Waals surface area (Å²) in [5, 5.41) is 13.1. The number of aromatic nitrogens is 3. The highest BCUT2D eigenvalue weighted by atomic mass is 16.3. The lowest BCUT2D eigenvalue weighted by Crippen LogP contribution is -2.00. The average Bonchev–Trinajstić information content (AvgIpc) is 3.43. The van der Waals surface area contributed by atoms with Crippen LogP contribution in [0.5, 0.6) is 5.75 Å². The molecule has 3 aromatic heterocycles. The van der Waals surface area contributed by atoms with Crippen LogP contribution in [-0.4, -0.2) is 19.6 Å². The Bertz CT molecular complexity index is 2290. The first-order chi connectivity index (χ1) is 21.7. The van der Waals surface area contributed by atoms with Crippen LogP contribution in [0.1, 0.15) is 0 Å². The molecule has 0 saturated carbocycles. The Balaban J connectivity index is 1.38. The molecule has 0 radical (unpaired) electrons. The third kappa shape index (κ3) is 4.50. The normalized spacial score (nSPS) is 11.3. The molecule has 8 aromatic rings. The van der Waals surface area contributed by atoms with Gasteiger partial charge in [-0.15, -0.1) is 0 Å². The minimum atomic E-state index is 0.199. The van der Waals surface area contributed by atoms with Crippen LogP contribution < -0.4 is 0 Å². The highest BCUT2D eigenvalue weighted by Gasteiger charge is 2.17. The van der Waals surface area contributed by atoms with E-state index in [2.05, 4.69) is 95.6 Å². The maximum absolute atomic E-state index is 10.8. The second-order valence-electron chi connectivity index (χ2n) is 10.9. The molecule has 1 N–H and O–H groups in total. The molecule has 0 saturated heterocycles. The molecular formula is C40H27N3O. The van der Waals surface area contributed by atoms with Crippen LogP contribution in [0.25, 0.3) is 72.4 Å². The summed E-state index contributed by atoms with van der Waals surface area (Å²) >= 11 is 0. The van der Waals surface area contributed by atoms with E-state index in [1.165, 1.54) is 0 Å². The van der Waals surface area contributed by atoms with E-state index < -0.39 is 0 Å². The first-order valence-electron chi connectivity index (χ1n) is 14.6. The molecule has 0 atom stereocenters. The Hall–Kier alpha value is -6.00. The van der Waals surface area contributed by atoms with Gasteiger partial charge in [0.15, 0.2) is 0 Å². The molecule has 0 aliphatic carbocycles. The van der Waals surface area contributed by atoms with E-state index in [9.17, 15) is 5.11 Å². The number of hydrogen-bond donors (Lipinski definition) is 1. The zero-order valence-electron chi connectivity index (χ0n) is 23.8. The number of nitrogens with zero attached hydrogens (tertiary/aromatic N) is 3. The van der Waals surface area contributed by atoms with E-state index in [0.29, 0.717) is 11.3 Å². The highest BCUT2D eigenvalue weighted by molar-refractivity contribution is 6.10. The number of aromatic hydroxyl groups is 1. The number of fused-ring (bicyclic) bond motifs is 3. The van der Waals surface area contributed by atoms with Gasteiger partial charge in [0.25, 0.3) is 0 Å². The number of para-hydroxylation sites is 2. The van der Waals surface area contributed by atoms with E-state index in [1.54, 1.807) is 6.07 Å². The topological polar surface area (TPSA) is 50.9 Å². The number of hydrogen-bond acceptors (Lipinski definition) is 3. The Labute approximate surface area is 255 Å². The van der Waals surface area contributed by atoms with Crippen molar-refractivity contribution >= 4 is 21.8 Å². The predicted molar refractivity (Wildman–Crippen MR) is 180 cm³/mol. The highest BCUT2D eigenvalue weighted by Crippen LogP contribution is 2.37. The second kappa shape index (κ2) is 10.7. The van der Waals surface area contributed by atoms with Crippen LogP contribution in [0.2, 0.25) is 0 Å². The third-order valence-corrected chi connectivity index (χ3v) is 8.16. The van der Waals surface area contributed by atoms with Crippen molar-refractivity contribution in [1.82, 2.24) is 14.5 Å². The van der Waals surface area contributed by atoms with Gasteiger partial charge in [0.2, 0.25) is 0 Å². The SMILES string of the molecule is Oc1ccccc1-c1cc(-c2ccccc2)cc(-n2c3ccccc3c3ccc(-c4cc(-c5ccccc5)ccn4)cc32)n1. The van der Waals surface area contributed by atoms with Crippen molar-refractivity contribution < 1.29 is 5.11 Å². The molecule has 0 bridgehead atoms. The molecule has 0 fully saturated rings. The number of benzene rings is 5. The van der Waals surface area contributed by atoms with E-state index in [4.69, 9.17) is 9.97 Å². The Kier molecular flexibility index (Phi) is 6.24. The lowest BCUT2D eigenvalue weighted by Gasteiger charge is -2.14. The quantitative estimate of drug-likeness (QED) is 0.226. The average molecular weight is 566 g/mol. The summed E-state index contributed by atoms with van der Waals surface area (Å²) in [5.74, 6) is 0.976. The van der Waals surface area contributed by atoms with Crippen molar-refractivity contribution in [2.24, 2.45) is 0 Å². The minimum Gasteiger partial charge on any atom is -0.507 e. The van der Waals surface area contributed by atoms with Crippen molar-refractivity contribution in [3.8, 4) is 56.3 Å². The fourth-order valence-electron chi connectivity index (χ4n) is 6.03. The fraction of sp³-hybridized carbons (Fsp3) is 0. The smallest absolute Gasteiger partial charge is 0.138 e. The fourth-order valence-corrected chi connectivity index (χ4v) is 6.03. The van der Waals surface area contributed by atoms with Crippen molar-refractivity contribution in [1.29, 1.82) is 0 Å². The Morgan fingerprint density at radius 2 is 1.11 bits per heavy atom. The molecule has 0 aliphatic heterocycles. The number of pyridine rings is 2. The summed E-state index contributed by atoms with van der Waals surface area (Å²) in [5.41, 5.74) is 9.82. The number of rotatable bonds is 5. The van der Waals surface area contributed by atoms with Gasteiger partial charge in [-0.1, -0.05) is 103 Å².